The zero-order valence-electron chi connectivity index (χ0n) is 7.44. The monoisotopic (exact) mass is 227 g/mol. The summed E-state index contributed by atoms with van der Waals surface area (Å²) in [5.74, 6) is -1.29. The van der Waals surface area contributed by atoms with Crippen molar-refractivity contribution in [2.45, 2.75) is 19.5 Å². The number of nitrogens with zero attached hydrogens (tertiary/aromatic N) is 1. The topological polar surface area (TPSA) is 33.1 Å². The molecule has 0 radical (unpaired) electrons. The lowest BCUT2D eigenvalue weighted by molar-refractivity contribution is -0.140. The molecule has 1 heterocycles. The maximum Gasteiger partial charge on any atom is 0.420 e. The Morgan fingerprint density at radius 2 is 1.87 bits per heavy atom. The van der Waals surface area contributed by atoms with Gasteiger partial charge in [-0.15, -0.1) is 0 Å². The predicted molar refractivity (Wildman–Crippen MR) is 40.6 cm³/mol. The third-order valence-corrected chi connectivity index (χ3v) is 1.80. The van der Waals surface area contributed by atoms with Gasteiger partial charge in [0.05, 0.1) is 11.8 Å². The number of halogens is 5. The summed E-state index contributed by atoms with van der Waals surface area (Å²) in [6, 6.07) is 0. The number of alkyl halides is 5. The highest BCUT2D eigenvalue weighted by Crippen LogP contribution is 2.42. The van der Waals surface area contributed by atoms with Crippen LogP contribution in [0.1, 0.15) is 23.2 Å². The van der Waals surface area contributed by atoms with Crippen molar-refractivity contribution in [3.05, 3.63) is 23.0 Å². The fourth-order valence-electron chi connectivity index (χ4n) is 1.18. The maximum absolute atomic E-state index is 12.3. The Kier molecular flexibility index (Phi) is 2.83. The van der Waals surface area contributed by atoms with Crippen LogP contribution < -0.4 is 0 Å². The summed E-state index contributed by atoms with van der Waals surface area (Å²) in [4.78, 5) is 3.24. The van der Waals surface area contributed by atoms with Crippen molar-refractivity contribution >= 4 is 0 Å². The fraction of sp³-hybridized carbons (Fsp3) is 0.375. The van der Waals surface area contributed by atoms with E-state index in [2.05, 4.69) is 4.98 Å². The maximum atomic E-state index is 12.3. The van der Waals surface area contributed by atoms with E-state index in [-0.39, 0.29) is 0 Å². The molecule has 0 fully saturated rings. The lowest BCUT2D eigenvalue weighted by atomic mass is 10.1. The smallest absolute Gasteiger partial charge is 0.420 e. The highest BCUT2D eigenvalue weighted by atomic mass is 19.4. The minimum atomic E-state index is -5.02. The van der Waals surface area contributed by atoms with Crippen LogP contribution in [0.5, 0.6) is 5.75 Å². The molecule has 1 rings (SSSR count). The number of pyridine rings is 1. The van der Waals surface area contributed by atoms with E-state index >= 15 is 0 Å². The van der Waals surface area contributed by atoms with Crippen LogP contribution in [0, 0.1) is 6.92 Å². The molecule has 0 bridgehead atoms. The average molecular weight is 227 g/mol. The van der Waals surface area contributed by atoms with Crippen LogP contribution >= 0.6 is 0 Å². The second-order valence-corrected chi connectivity index (χ2v) is 2.82. The summed E-state index contributed by atoms with van der Waals surface area (Å²) in [6.45, 7) is 1.02. The Morgan fingerprint density at radius 3 is 2.20 bits per heavy atom. The summed E-state index contributed by atoms with van der Waals surface area (Å²) in [5, 5.41) is 8.88. The standard InChI is InChI=1S/C8H6F5NO/c1-3-5(7(9)10)6(8(11,12)13)4(15)2-14-3/h2,7,15H,1H3. The largest absolute Gasteiger partial charge is 0.506 e. The summed E-state index contributed by atoms with van der Waals surface area (Å²) in [6.07, 6.45) is -7.85. The van der Waals surface area contributed by atoms with E-state index in [0.29, 0.717) is 6.20 Å². The molecule has 2 nitrogen and oxygen atoms in total. The van der Waals surface area contributed by atoms with Gasteiger partial charge in [0.1, 0.15) is 11.3 Å². The molecule has 0 spiro atoms. The van der Waals surface area contributed by atoms with Gasteiger partial charge in [-0.3, -0.25) is 4.98 Å². The van der Waals surface area contributed by atoms with Gasteiger partial charge < -0.3 is 5.11 Å². The van der Waals surface area contributed by atoms with Gasteiger partial charge in [-0.05, 0) is 6.92 Å². The summed E-state index contributed by atoms with van der Waals surface area (Å²) >= 11 is 0. The van der Waals surface area contributed by atoms with E-state index in [0.717, 1.165) is 6.92 Å². The van der Waals surface area contributed by atoms with E-state index in [9.17, 15) is 22.0 Å². The third-order valence-electron chi connectivity index (χ3n) is 1.80. The highest BCUT2D eigenvalue weighted by Gasteiger charge is 2.40. The average Bonchev–Trinajstić information content (AvgIpc) is 2.05. The van der Waals surface area contributed by atoms with Crippen LogP contribution in [0.15, 0.2) is 6.20 Å². The second kappa shape index (κ2) is 3.63. The number of hydrogen-bond acceptors (Lipinski definition) is 2. The number of aromatic hydroxyl groups is 1. The molecule has 0 aliphatic carbocycles. The van der Waals surface area contributed by atoms with Gasteiger partial charge in [0.15, 0.2) is 0 Å². The van der Waals surface area contributed by atoms with Gasteiger partial charge >= 0.3 is 6.18 Å². The first-order valence-electron chi connectivity index (χ1n) is 3.79. The van der Waals surface area contributed by atoms with Gasteiger partial charge in [0, 0.05) is 5.69 Å². The van der Waals surface area contributed by atoms with Crippen LogP contribution in [0.25, 0.3) is 0 Å². The molecule has 84 valence electrons. The quantitative estimate of drug-likeness (QED) is 0.748. The number of rotatable bonds is 1. The molecule has 0 aliphatic rings. The lowest BCUT2D eigenvalue weighted by Gasteiger charge is -2.15. The summed E-state index contributed by atoms with van der Waals surface area (Å²) < 4.78 is 61.7. The molecule has 0 saturated carbocycles. The van der Waals surface area contributed by atoms with Gasteiger partial charge in [-0.25, -0.2) is 8.78 Å². The molecule has 7 heteroatoms. The molecular formula is C8H6F5NO. The Labute approximate surface area is 81.4 Å². The van der Waals surface area contributed by atoms with Gasteiger partial charge in [0.2, 0.25) is 0 Å². The van der Waals surface area contributed by atoms with Crippen molar-refractivity contribution in [3.8, 4) is 5.75 Å². The molecule has 0 amide bonds. The molecule has 0 saturated heterocycles. The SMILES string of the molecule is Cc1ncc(O)c(C(F)(F)F)c1C(F)F. The van der Waals surface area contributed by atoms with Crippen LogP contribution in [-0.2, 0) is 6.18 Å². The molecule has 0 unspecified atom stereocenters. The van der Waals surface area contributed by atoms with E-state index in [1.807, 2.05) is 0 Å². The first-order chi connectivity index (χ1) is 6.75. The Bertz CT molecular complexity index is 374. The van der Waals surface area contributed by atoms with E-state index in [1.165, 1.54) is 0 Å². The van der Waals surface area contributed by atoms with Crippen molar-refractivity contribution in [1.82, 2.24) is 4.98 Å². The number of aromatic nitrogens is 1. The summed E-state index contributed by atoms with van der Waals surface area (Å²) in [5.41, 5.74) is -3.44. The van der Waals surface area contributed by atoms with Crippen molar-refractivity contribution < 1.29 is 27.1 Å². The molecule has 1 aromatic heterocycles. The van der Waals surface area contributed by atoms with Crippen LogP contribution in [0.3, 0.4) is 0 Å². The lowest BCUT2D eigenvalue weighted by Crippen LogP contribution is -2.12. The fourth-order valence-corrected chi connectivity index (χ4v) is 1.18. The van der Waals surface area contributed by atoms with E-state index in [4.69, 9.17) is 5.11 Å². The third kappa shape index (κ3) is 2.16. The minimum absolute atomic E-state index is 0.449. The number of aryl methyl sites for hydroxylation is 1. The minimum Gasteiger partial charge on any atom is -0.506 e. The van der Waals surface area contributed by atoms with Crippen LogP contribution in [0.4, 0.5) is 22.0 Å². The van der Waals surface area contributed by atoms with Gasteiger partial charge in [-0.2, -0.15) is 13.2 Å². The predicted octanol–water partition coefficient (Wildman–Crippen LogP) is 3.05. The zero-order chi connectivity index (χ0) is 11.8. The molecule has 0 aromatic carbocycles. The van der Waals surface area contributed by atoms with Gasteiger partial charge in [0.25, 0.3) is 6.43 Å². The molecule has 15 heavy (non-hydrogen) atoms. The summed E-state index contributed by atoms with van der Waals surface area (Å²) in [7, 11) is 0. The van der Waals surface area contributed by atoms with Crippen molar-refractivity contribution in [1.29, 1.82) is 0 Å². The van der Waals surface area contributed by atoms with Crippen LogP contribution in [-0.4, -0.2) is 10.1 Å². The normalized spacial score (nSPS) is 12.2. The molecule has 1 aromatic rings. The number of hydrogen-bond donors (Lipinski definition) is 1. The Morgan fingerprint density at radius 1 is 1.33 bits per heavy atom. The zero-order valence-corrected chi connectivity index (χ0v) is 7.44. The van der Waals surface area contributed by atoms with Gasteiger partial charge in [-0.1, -0.05) is 0 Å². The molecular weight excluding hydrogens is 221 g/mol. The van der Waals surface area contributed by atoms with E-state index in [1.54, 1.807) is 0 Å². The van der Waals surface area contributed by atoms with E-state index < -0.39 is 35.2 Å². The first kappa shape index (κ1) is 11.7. The molecule has 0 aliphatic heterocycles. The first-order valence-corrected chi connectivity index (χ1v) is 3.79. The molecule has 1 N–H and O–H groups in total. The van der Waals surface area contributed by atoms with Crippen molar-refractivity contribution in [2.24, 2.45) is 0 Å². The van der Waals surface area contributed by atoms with Crippen molar-refractivity contribution in [2.75, 3.05) is 0 Å². The highest BCUT2D eigenvalue weighted by molar-refractivity contribution is 5.42. The Hall–Kier alpha value is -1.40. The van der Waals surface area contributed by atoms with Crippen molar-refractivity contribution in [3.63, 3.8) is 0 Å². The Balaban J connectivity index is 3.53. The second-order valence-electron chi connectivity index (χ2n) is 2.82. The molecule has 0 atom stereocenters. The van der Waals surface area contributed by atoms with Crippen LogP contribution in [0.2, 0.25) is 0 Å².